The molecule has 1 aromatic heterocycles. The second-order valence-electron chi connectivity index (χ2n) is 7.51. The summed E-state index contributed by atoms with van der Waals surface area (Å²) in [5.74, 6) is 0.600. The maximum Gasteiger partial charge on any atom is 0.213 e. The van der Waals surface area contributed by atoms with Gasteiger partial charge in [-0.05, 0) is 59.9 Å². The number of pyridine rings is 1. The van der Waals surface area contributed by atoms with Crippen molar-refractivity contribution in [1.29, 1.82) is 0 Å². The lowest BCUT2D eigenvalue weighted by molar-refractivity contribution is 0.293. The average Bonchev–Trinajstić information content (AvgIpc) is 2.74. The summed E-state index contributed by atoms with van der Waals surface area (Å²) in [5, 5.41) is 3.51. The molecule has 0 amide bonds. The van der Waals surface area contributed by atoms with Crippen LogP contribution in [0, 0.1) is 6.92 Å². The Labute approximate surface area is 177 Å². The van der Waals surface area contributed by atoms with E-state index in [1.807, 2.05) is 42.5 Å². The standard InChI is InChI=1S/C23H25N3O3S/c1-17-9-10-20(14-19(17)16-29-23-8-3-4-12-24-23)25-22-7-5-6-18-15-26(30(2,27)28)13-11-21(18)22/h3-10,12,14,25H,11,13,15-16H2,1-2H3. The molecule has 30 heavy (non-hydrogen) atoms. The molecule has 0 saturated heterocycles. The molecule has 3 aromatic rings. The number of aromatic nitrogens is 1. The summed E-state index contributed by atoms with van der Waals surface area (Å²) < 4.78 is 31.1. The molecule has 7 heteroatoms. The number of nitrogens with zero attached hydrogens (tertiary/aromatic N) is 2. The highest BCUT2D eigenvalue weighted by Crippen LogP contribution is 2.30. The van der Waals surface area contributed by atoms with E-state index < -0.39 is 10.0 Å². The fourth-order valence-corrected chi connectivity index (χ4v) is 4.42. The van der Waals surface area contributed by atoms with E-state index in [1.54, 1.807) is 6.20 Å². The summed E-state index contributed by atoms with van der Waals surface area (Å²) in [6.45, 7) is 3.42. The summed E-state index contributed by atoms with van der Waals surface area (Å²) in [6, 6.07) is 17.8. The van der Waals surface area contributed by atoms with Crippen LogP contribution in [0.25, 0.3) is 0 Å². The number of fused-ring (bicyclic) bond motifs is 1. The van der Waals surface area contributed by atoms with Crippen molar-refractivity contribution in [3.8, 4) is 5.88 Å². The Morgan fingerprint density at radius 2 is 2.00 bits per heavy atom. The molecular weight excluding hydrogens is 398 g/mol. The van der Waals surface area contributed by atoms with Crippen molar-refractivity contribution in [3.63, 3.8) is 0 Å². The molecule has 6 nitrogen and oxygen atoms in total. The zero-order valence-corrected chi connectivity index (χ0v) is 17.9. The predicted molar refractivity (Wildman–Crippen MR) is 118 cm³/mol. The summed E-state index contributed by atoms with van der Waals surface area (Å²) >= 11 is 0. The number of anilines is 2. The smallest absolute Gasteiger partial charge is 0.213 e. The number of hydrogen-bond donors (Lipinski definition) is 1. The SMILES string of the molecule is Cc1ccc(Nc2cccc3c2CCN(S(C)(=O)=O)C3)cc1COc1ccccn1. The Morgan fingerprint density at radius 3 is 2.77 bits per heavy atom. The molecule has 156 valence electrons. The van der Waals surface area contributed by atoms with Crippen LogP contribution in [0.2, 0.25) is 0 Å². The monoisotopic (exact) mass is 423 g/mol. The molecule has 1 aliphatic heterocycles. The minimum absolute atomic E-state index is 0.417. The van der Waals surface area contributed by atoms with Gasteiger partial charge in [0.2, 0.25) is 15.9 Å². The van der Waals surface area contributed by atoms with Crippen molar-refractivity contribution >= 4 is 21.4 Å². The van der Waals surface area contributed by atoms with Gasteiger partial charge >= 0.3 is 0 Å². The Kier molecular flexibility index (Phi) is 5.74. The van der Waals surface area contributed by atoms with Crippen LogP contribution < -0.4 is 10.1 Å². The van der Waals surface area contributed by atoms with Crippen LogP contribution in [-0.4, -0.2) is 30.5 Å². The van der Waals surface area contributed by atoms with Crippen molar-refractivity contribution in [2.45, 2.75) is 26.5 Å². The van der Waals surface area contributed by atoms with Crippen LogP contribution in [0.4, 0.5) is 11.4 Å². The van der Waals surface area contributed by atoms with Gasteiger partial charge in [-0.3, -0.25) is 0 Å². The lowest BCUT2D eigenvalue weighted by atomic mass is 9.98. The van der Waals surface area contributed by atoms with E-state index in [4.69, 9.17) is 4.74 Å². The Balaban J connectivity index is 1.53. The molecule has 2 aromatic carbocycles. The average molecular weight is 424 g/mol. The maximum atomic E-state index is 11.9. The summed E-state index contributed by atoms with van der Waals surface area (Å²) in [7, 11) is -3.19. The molecule has 0 spiro atoms. The van der Waals surface area contributed by atoms with Gasteiger partial charge in [0.1, 0.15) is 6.61 Å². The second-order valence-corrected chi connectivity index (χ2v) is 9.50. The molecule has 0 unspecified atom stereocenters. The zero-order valence-electron chi connectivity index (χ0n) is 17.1. The summed E-state index contributed by atoms with van der Waals surface area (Å²) in [6.07, 6.45) is 3.66. The number of benzene rings is 2. The molecule has 0 aliphatic carbocycles. The highest BCUT2D eigenvalue weighted by Gasteiger charge is 2.24. The van der Waals surface area contributed by atoms with Gasteiger partial charge in [0, 0.05) is 36.7 Å². The zero-order chi connectivity index (χ0) is 21.1. The van der Waals surface area contributed by atoms with Gasteiger partial charge in [0.25, 0.3) is 0 Å². The van der Waals surface area contributed by atoms with Gasteiger partial charge in [-0.15, -0.1) is 0 Å². The highest BCUT2D eigenvalue weighted by atomic mass is 32.2. The number of rotatable bonds is 6. The number of ether oxygens (including phenoxy) is 1. The van der Waals surface area contributed by atoms with Gasteiger partial charge in [-0.25, -0.2) is 13.4 Å². The second kappa shape index (κ2) is 8.45. The highest BCUT2D eigenvalue weighted by molar-refractivity contribution is 7.88. The fourth-order valence-electron chi connectivity index (χ4n) is 3.63. The third-order valence-electron chi connectivity index (χ3n) is 5.34. The van der Waals surface area contributed by atoms with E-state index in [1.165, 1.54) is 16.1 Å². The van der Waals surface area contributed by atoms with Gasteiger partial charge in [0.05, 0.1) is 6.26 Å². The third-order valence-corrected chi connectivity index (χ3v) is 6.59. The van der Waals surface area contributed by atoms with Crippen LogP contribution in [0.1, 0.15) is 22.3 Å². The van der Waals surface area contributed by atoms with Gasteiger partial charge in [-0.2, -0.15) is 4.31 Å². The van der Waals surface area contributed by atoms with E-state index >= 15 is 0 Å². The predicted octanol–water partition coefficient (Wildman–Crippen LogP) is 4.03. The summed E-state index contributed by atoms with van der Waals surface area (Å²) in [5.41, 5.74) is 6.43. The van der Waals surface area contributed by atoms with Crippen LogP contribution >= 0.6 is 0 Å². The molecule has 1 aliphatic rings. The van der Waals surface area contributed by atoms with E-state index in [9.17, 15) is 8.42 Å². The minimum atomic E-state index is -3.19. The van der Waals surface area contributed by atoms with Crippen molar-refractivity contribution < 1.29 is 13.2 Å². The van der Waals surface area contributed by atoms with Crippen molar-refractivity contribution in [2.75, 3.05) is 18.1 Å². The molecule has 0 bridgehead atoms. The lowest BCUT2D eigenvalue weighted by Crippen LogP contribution is -2.35. The number of nitrogens with one attached hydrogen (secondary N) is 1. The van der Waals surface area contributed by atoms with Crippen LogP contribution in [0.5, 0.6) is 5.88 Å². The van der Waals surface area contributed by atoms with Gasteiger partial charge in [-0.1, -0.05) is 24.3 Å². The molecule has 4 rings (SSSR count). The first-order valence-electron chi connectivity index (χ1n) is 9.86. The fraction of sp³-hybridized carbons (Fsp3) is 0.261. The first kappa shape index (κ1) is 20.4. The van der Waals surface area contributed by atoms with E-state index in [-0.39, 0.29) is 0 Å². The molecule has 0 radical (unpaired) electrons. The Bertz CT molecular complexity index is 1150. The minimum Gasteiger partial charge on any atom is -0.473 e. The van der Waals surface area contributed by atoms with Gasteiger partial charge < -0.3 is 10.1 Å². The van der Waals surface area contributed by atoms with E-state index in [0.717, 1.165) is 28.1 Å². The van der Waals surface area contributed by atoms with Gasteiger partial charge in [0.15, 0.2) is 0 Å². The molecular formula is C23H25N3O3S. The largest absolute Gasteiger partial charge is 0.473 e. The molecule has 0 atom stereocenters. The first-order chi connectivity index (χ1) is 14.4. The van der Waals surface area contributed by atoms with Crippen LogP contribution in [0.15, 0.2) is 60.8 Å². The lowest BCUT2D eigenvalue weighted by Gasteiger charge is -2.28. The third kappa shape index (κ3) is 4.63. The number of sulfonamides is 1. The Morgan fingerprint density at radius 1 is 1.13 bits per heavy atom. The first-order valence-corrected chi connectivity index (χ1v) is 11.7. The topological polar surface area (TPSA) is 71.5 Å². The normalized spacial score (nSPS) is 14.2. The van der Waals surface area contributed by atoms with E-state index in [0.29, 0.717) is 32.0 Å². The summed E-state index contributed by atoms with van der Waals surface area (Å²) in [4.78, 5) is 4.20. The van der Waals surface area contributed by atoms with Crippen LogP contribution in [-0.2, 0) is 29.6 Å². The van der Waals surface area contributed by atoms with Crippen molar-refractivity contribution in [3.05, 3.63) is 83.0 Å². The maximum absolute atomic E-state index is 11.9. The molecule has 0 fully saturated rings. The molecule has 0 saturated carbocycles. The molecule has 2 heterocycles. The number of aryl methyl sites for hydroxylation is 1. The van der Waals surface area contributed by atoms with Crippen molar-refractivity contribution in [1.82, 2.24) is 9.29 Å². The number of hydrogen-bond acceptors (Lipinski definition) is 5. The van der Waals surface area contributed by atoms with E-state index in [2.05, 4.69) is 29.4 Å². The molecule has 1 N–H and O–H groups in total. The quantitative estimate of drug-likeness (QED) is 0.648. The Hall–Kier alpha value is -2.90. The van der Waals surface area contributed by atoms with Crippen LogP contribution in [0.3, 0.4) is 0 Å². The van der Waals surface area contributed by atoms with Crippen molar-refractivity contribution in [2.24, 2.45) is 0 Å².